The van der Waals surface area contributed by atoms with Crippen LogP contribution in [0.5, 0.6) is 0 Å². The lowest BCUT2D eigenvalue weighted by Gasteiger charge is -2.20. The van der Waals surface area contributed by atoms with Gasteiger partial charge in [0.2, 0.25) is 0 Å². The molecule has 1 saturated heterocycles. The molecule has 0 saturated carbocycles. The molecule has 2 unspecified atom stereocenters. The van der Waals surface area contributed by atoms with E-state index in [9.17, 15) is 0 Å². The topological polar surface area (TPSA) is 39.7 Å². The first kappa shape index (κ1) is 19.3. The molecular weight excluding hydrogens is 272 g/mol. The van der Waals surface area contributed by atoms with Crippen molar-refractivity contribution in [2.45, 2.75) is 71.8 Å². The summed E-state index contributed by atoms with van der Waals surface area (Å²) in [5, 5.41) is 7.05. The second-order valence-electron chi connectivity index (χ2n) is 6.80. The number of aliphatic imine (C=N–C) groups is 1. The zero-order valence-electron chi connectivity index (χ0n) is 15.3. The van der Waals surface area contributed by atoms with Crippen LogP contribution in [0, 0.1) is 5.92 Å². The number of rotatable bonds is 10. The Morgan fingerprint density at radius 2 is 2.05 bits per heavy atom. The van der Waals surface area contributed by atoms with E-state index in [0.717, 1.165) is 18.4 Å². The zero-order chi connectivity index (χ0) is 16.2. The number of nitrogens with one attached hydrogen (secondary N) is 2. The highest BCUT2D eigenvalue weighted by Crippen LogP contribution is 2.15. The predicted molar refractivity (Wildman–Crippen MR) is 97.6 cm³/mol. The fraction of sp³-hybridized carbons (Fsp3) is 0.944. The fourth-order valence-electron chi connectivity index (χ4n) is 3.22. The van der Waals surface area contributed by atoms with E-state index in [0.29, 0.717) is 6.04 Å². The first-order valence-corrected chi connectivity index (χ1v) is 9.39. The summed E-state index contributed by atoms with van der Waals surface area (Å²) < 4.78 is 0. The Balaban J connectivity index is 2.17. The van der Waals surface area contributed by atoms with Gasteiger partial charge in [-0.05, 0) is 45.2 Å². The maximum Gasteiger partial charge on any atom is 0.191 e. The zero-order valence-corrected chi connectivity index (χ0v) is 15.3. The second kappa shape index (κ2) is 11.8. The van der Waals surface area contributed by atoms with Gasteiger partial charge in [0.25, 0.3) is 0 Å². The standard InChI is InChI=1S/C18H38N4/c1-5-7-8-9-10-16(3)21-18(19-4)20-14-17-11-13-22(15-17)12-6-2/h16-17H,5-15H2,1-4H3,(H2,19,20,21). The van der Waals surface area contributed by atoms with Gasteiger partial charge in [-0.2, -0.15) is 0 Å². The maximum atomic E-state index is 4.37. The predicted octanol–water partition coefficient (Wildman–Crippen LogP) is 3.24. The van der Waals surface area contributed by atoms with Crippen molar-refractivity contribution in [1.82, 2.24) is 15.5 Å². The molecule has 0 amide bonds. The molecule has 22 heavy (non-hydrogen) atoms. The minimum absolute atomic E-state index is 0.503. The lowest BCUT2D eigenvalue weighted by molar-refractivity contribution is 0.324. The molecular formula is C18H38N4. The fourth-order valence-corrected chi connectivity index (χ4v) is 3.22. The highest BCUT2D eigenvalue weighted by atomic mass is 15.2. The van der Waals surface area contributed by atoms with Crippen LogP contribution in [0.2, 0.25) is 0 Å². The Hall–Kier alpha value is -0.770. The van der Waals surface area contributed by atoms with Crippen molar-refractivity contribution >= 4 is 5.96 Å². The van der Waals surface area contributed by atoms with Gasteiger partial charge in [0.05, 0.1) is 0 Å². The van der Waals surface area contributed by atoms with E-state index < -0.39 is 0 Å². The number of hydrogen-bond acceptors (Lipinski definition) is 2. The summed E-state index contributed by atoms with van der Waals surface area (Å²) in [6.45, 7) is 11.6. The molecule has 0 bridgehead atoms. The summed E-state index contributed by atoms with van der Waals surface area (Å²) in [6, 6.07) is 0.503. The second-order valence-corrected chi connectivity index (χ2v) is 6.80. The Labute approximate surface area is 138 Å². The van der Waals surface area contributed by atoms with Gasteiger partial charge in [-0.25, -0.2) is 0 Å². The first-order valence-electron chi connectivity index (χ1n) is 9.39. The van der Waals surface area contributed by atoms with E-state index in [-0.39, 0.29) is 0 Å². The first-order chi connectivity index (χ1) is 10.7. The van der Waals surface area contributed by atoms with E-state index in [1.165, 1.54) is 64.6 Å². The number of likely N-dealkylation sites (tertiary alicyclic amines) is 1. The molecule has 1 heterocycles. The molecule has 0 aromatic rings. The van der Waals surface area contributed by atoms with Crippen LogP contribution in [-0.2, 0) is 0 Å². The minimum Gasteiger partial charge on any atom is -0.356 e. The van der Waals surface area contributed by atoms with E-state index in [1.54, 1.807) is 0 Å². The van der Waals surface area contributed by atoms with Gasteiger partial charge in [0.1, 0.15) is 0 Å². The third-order valence-electron chi connectivity index (χ3n) is 4.57. The largest absolute Gasteiger partial charge is 0.356 e. The molecule has 1 aliphatic rings. The van der Waals surface area contributed by atoms with Crippen LogP contribution in [0.1, 0.15) is 65.7 Å². The van der Waals surface area contributed by atoms with Crippen LogP contribution in [0.25, 0.3) is 0 Å². The van der Waals surface area contributed by atoms with E-state index in [4.69, 9.17) is 0 Å². The number of unbranched alkanes of at least 4 members (excludes halogenated alkanes) is 3. The average molecular weight is 311 g/mol. The molecule has 0 aliphatic carbocycles. The molecule has 0 radical (unpaired) electrons. The highest BCUT2D eigenvalue weighted by Gasteiger charge is 2.21. The highest BCUT2D eigenvalue weighted by molar-refractivity contribution is 5.79. The third kappa shape index (κ3) is 8.02. The van der Waals surface area contributed by atoms with Crippen LogP contribution >= 0.6 is 0 Å². The van der Waals surface area contributed by atoms with Gasteiger partial charge < -0.3 is 15.5 Å². The molecule has 0 aromatic carbocycles. The molecule has 4 nitrogen and oxygen atoms in total. The van der Waals surface area contributed by atoms with Gasteiger partial charge in [0.15, 0.2) is 5.96 Å². The van der Waals surface area contributed by atoms with Crippen LogP contribution in [0.3, 0.4) is 0 Å². The molecule has 130 valence electrons. The molecule has 0 spiro atoms. The Morgan fingerprint density at radius 3 is 2.73 bits per heavy atom. The number of nitrogens with zero attached hydrogens (tertiary/aromatic N) is 2. The van der Waals surface area contributed by atoms with Crippen LogP contribution in [-0.4, -0.2) is 50.1 Å². The quantitative estimate of drug-likeness (QED) is 0.370. The molecule has 2 atom stereocenters. The van der Waals surface area contributed by atoms with Gasteiger partial charge in [0, 0.05) is 26.2 Å². The summed E-state index contributed by atoms with van der Waals surface area (Å²) in [7, 11) is 1.87. The third-order valence-corrected chi connectivity index (χ3v) is 4.57. The smallest absolute Gasteiger partial charge is 0.191 e. The number of hydrogen-bond donors (Lipinski definition) is 2. The van der Waals surface area contributed by atoms with E-state index in [1.807, 2.05) is 7.05 Å². The van der Waals surface area contributed by atoms with Gasteiger partial charge in [-0.15, -0.1) is 0 Å². The van der Waals surface area contributed by atoms with Crippen molar-refractivity contribution in [1.29, 1.82) is 0 Å². The molecule has 1 aliphatic heterocycles. The summed E-state index contributed by atoms with van der Waals surface area (Å²) in [5.41, 5.74) is 0. The van der Waals surface area contributed by atoms with E-state index in [2.05, 4.69) is 41.3 Å². The average Bonchev–Trinajstić information content (AvgIpc) is 2.96. The molecule has 2 N–H and O–H groups in total. The van der Waals surface area contributed by atoms with Crippen molar-refractivity contribution in [3.8, 4) is 0 Å². The van der Waals surface area contributed by atoms with Crippen LogP contribution < -0.4 is 10.6 Å². The molecule has 0 aromatic heterocycles. The van der Waals surface area contributed by atoms with Crippen molar-refractivity contribution in [3.63, 3.8) is 0 Å². The molecule has 1 fully saturated rings. The number of guanidine groups is 1. The summed E-state index contributed by atoms with van der Waals surface area (Å²) in [6.07, 6.45) is 9.14. The summed E-state index contributed by atoms with van der Waals surface area (Å²) in [4.78, 5) is 6.95. The summed E-state index contributed by atoms with van der Waals surface area (Å²) >= 11 is 0. The van der Waals surface area contributed by atoms with Crippen molar-refractivity contribution in [3.05, 3.63) is 0 Å². The van der Waals surface area contributed by atoms with E-state index >= 15 is 0 Å². The monoisotopic (exact) mass is 310 g/mol. The Morgan fingerprint density at radius 1 is 1.23 bits per heavy atom. The lowest BCUT2D eigenvalue weighted by Crippen LogP contribution is -2.44. The normalized spacial score (nSPS) is 21.1. The van der Waals surface area contributed by atoms with Crippen LogP contribution in [0.4, 0.5) is 0 Å². The molecule has 4 heteroatoms. The van der Waals surface area contributed by atoms with Crippen molar-refractivity contribution in [2.75, 3.05) is 33.2 Å². The van der Waals surface area contributed by atoms with Crippen molar-refractivity contribution < 1.29 is 0 Å². The SMILES string of the molecule is CCCCCCC(C)NC(=NC)NCC1CCN(CCC)C1. The summed E-state index contributed by atoms with van der Waals surface area (Å²) in [5.74, 6) is 1.74. The van der Waals surface area contributed by atoms with Gasteiger partial charge >= 0.3 is 0 Å². The van der Waals surface area contributed by atoms with Crippen LogP contribution in [0.15, 0.2) is 4.99 Å². The maximum absolute atomic E-state index is 4.37. The molecule has 1 rings (SSSR count). The van der Waals surface area contributed by atoms with Gasteiger partial charge in [-0.1, -0.05) is 39.5 Å². The minimum atomic E-state index is 0.503. The Bertz CT molecular complexity index is 303. The lowest BCUT2D eigenvalue weighted by atomic mass is 10.1. The van der Waals surface area contributed by atoms with Crippen molar-refractivity contribution in [2.24, 2.45) is 10.9 Å². The Kier molecular flexibility index (Phi) is 10.3. The van der Waals surface area contributed by atoms with Gasteiger partial charge in [-0.3, -0.25) is 4.99 Å².